The quantitative estimate of drug-likeness (QED) is 0.644. The highest BCUT2D eigenvalue weighted by molar-refractivity contribution is 5.72. The van der Waals surface area contributed by atoms with Gasteiger partial charge in [0.15, 0.2) is 12.1 Å². The lowest BCUT2D eigenvalue weighted by Crippen LogP contribution is -2.32. The first-order valence-electron chi connectivity index (χ1n) is 8.65. The predicted molar refractivity (Wildman–Crippen MR) is 92.5 cm³/mol. The Morgan fingerprint density at radius 3 is 2.52 bits per heavy atom. The number of aliphatic hydroxyl groups excluding tert-OH is 1. The van der Waals surface area contributed by atoms with Gasteiger partial charge >= 0.3 is 0 Å². The van der Waals surface area contributed by atoms with E-state index in [2.05, 4.69) is 0 Å². The minimum Gasteiger partial charge on any atom is -0.468 e. The highest BCUT2D eigenvalue weighted by Crippen LogP contribution is 2.40. The van der Waals surface area contributed by atoms with Crippen molar-refractivity contribution in [2.75, 3.05) is 0 Å². The summed E-state index contributed by atoms with van der Waals surface area (Å²) >= 11 is 0. The molecule has 1 atom stereocenters. The Morgan fingerprint density at radius 2 is 1.80 bits per heavy atom. The van der Waals surface area contributed by atoms with Crippen LogP contribution in [0.25, 0.3) is 17.2 Å². The molecule has 5 heteroatoms. The van der Waals surface area contributed by atoms with Gasteiger partial charge in [0.1, 0.15) is 5.76 Å². The van der Waals surface area contributed by atoms with Crippen LogP contribution in [0.3, 0.4) is 0 Å². The van der Waals surface area contributed by atoms with Gasteiger partial charge in [0.05, 0.1) is 12.2 Å². The van der Waals surface area contributed by atoms with Crippen molar-refractivity contribution in [1.29, 1.82) is 0 Å². The van der Waals surface area contributed by atoms with Gasteiger partial charge in [0.25, 0.3) is 0 Å². The van der Waals surface area contributed by atoms with E-state index in [-0.39, 0.29) is 11.8 Å². The first kappa shape index (κ1) is 16.5. The minimum atomic E-state index is -1.54. The summed E-state index contributed by atoms with van der Waals surface area (Å²) in [5, 5.41) is 38.2. The number of hydrogen-bond acceptors (Lipinski definition) is 5. The molecule has 0 radical (unpaired) electrons. The van der Waals surface area contributed by atoms with Gasteiger partial charge in [0, 0.05) is 24.3 Å². The number of furan rings is 1. The van der Waals surface area contributed by atoms with Crippen molar-refractivity contribution in [1.82, 2.24) is 0 Å². The second-order valence-electron chi connectivity index (χ2n) is 7.14. The van der Waals surface area contributed by atoms with Gasteiger partial charge in [-0.2, -0.15) is 0 Å². The predicted octanol–water partition coefficient (Wildman–Crippen LogP) is 2.71. The fourth-order valence-corrected chi connectivity index (χ4v) is 3.86. The smallest absolute Gasteiger partial charge is 0.162 e. The average molecular weight is 342 g/mol. The highest BCUT2D eigenvalue weighted by atomic mass is 16.5. The summed E-state index contributed by atoms with van der Waals surface area (Å²) in [6.07, 6.45) is 6.18. The van der Waals surface area contributed by atoms with Crippen molar-refractivity contribution >= 4 is 6.08 Å². The highest BCUT2D eigenvalue weighted by Gasteiger charge is 2.32. The van der Waals surface area contributed by atoms with Crippen LogP contribution >= 0.6 is 0 Å². The number of benzene rings is 1. The Bertz CT molecular complexity index is 792. The topological polar surface area (TPSA) is 94.1 Å². The van der Waals surface area contributed by atoms with Gasteiger partial charge in [-0.15, -0.1) is 0 Å². The molecule has 1 fully saturated rings. The fraction of sp³-hybridized carbons (Fsp3) is 0.400. The zero-order chi connectivity index (χ0) is 17.6. The van der Waals surface area contributed by atoms with E-state index < -0.39 is 12.1 Å². The van der Waals surface area contributed by atoms with Crippen molar-refractivity contribution < 1.29 is 24.8 Å². The van der Waals surface area contributed by atoms with E-state index in [4.69, 9.17) is 4.42 Å². The monoisotopic (exact) mass is 342 g/mol. The van der Waals surface area contributed by atoms with Crippen LogP contribution in [0, 0.1) is 0 Å². The molecular formula is C20H22O5. The Hall–Kier alpha value is -1.92. The van der Waals surface area contributed by atoms with Crippen molar-refractivity contribution in [2.24, 2.45) is 0 Å². The second kappa shape index (κ2) is 6.11. The molecule has 2 aliphatic carbocycles. The molecule has 4 N–H and O–H groups in total. The third kappa shape index (κ3) is 3.16. The van der Waals surface area contributed by atoms with Crippen LogP contribution in [0.15, 0.2) is 41.0 Å². The standard InChI is InChI=1S/C20H22O5/c21-19(22)17-4-2-14-9-13(1-3-16(14)17)15-10-18(25-11-15)12-5-7-20(23,24)8-6-12/h1-4,9-12,17,19,21-24H,5-8H2. The molecule has 2 aromatic rings. The van der Waals surface area contributed by atoms with Crippen molar-refractivity contribution in [2.45, 2.75) is 49.6 Å². The molecule has 25 heavy (non-hydrogen) atoms. The van der Waals surface area contributed by atoms with E-state index in [1.54, 1.807) is 12.3 Å². The van der Waals surface area contributed by atoms with Crippen LogP contribution in [0.5, 0.6) is 0 Å². The maximum Gasteiger partial charge on any atom is 0.162 e. The first-order valence-corrected chi connectivity index (χ1v) is 8.65. The summed E-state index contributed by atoms with van der Waals surface area (Å²) in [5.74, 6) is -0.815. The Kier molecular flexibility index (Phi) is 4.04. The van der Waals surface area contributed by atoms with Gasteiger partial charge in [-0.1, -0.05) is 24.3 Å². The molecule has 0 bridgehead atoms. The minimum absolute atomic E-state index is 0.212. The van der Waals surface area contributed by atoms with Crippen molar-refractivity contribution in [3.05, 3.63) is 53.5 Å². The number of fused-ring (bicyclic) bond motifs is 1. The van der Waals surface area contributed by atoms with Crippen LogP contribution in [0.1, 0.15) is 54.4 Å². The van der Waals surface area contributed by atoms with E-state index in [0.717, 1.165) is 28.0 Å². The third-order valence-electron chi connectivity index (χ3n) is 5.39. The molecule has 4 rings (SSSR count). The first-order chi connectivity index (χ1) is 11.9. The van der Waals surface area contributed by atoms with Crippen LogP contribution in [0.4, 0.5) is 0 Å². The van der Waals surface area contributed by atoms with E-state index in [9.17, 15) is 20.4 Å². The summed E-state index contributed by atoms with van der Waals surface area (Å²) in [7, 11) is 0. The van der Waals surface area contributed by atoms with E-state index in [1.165, 1.54) is 0 Å². The fourth-order valence-electron chi connectivity index (χ4n) is 3.86. The van der Waals surface area contributed by atoms with Gasteiger partial charge in [-0.3, -0.25) is 0 Å². The number of rotatable bonds is 3. The summed E-state index contributed by atoms with van der Waals surface area (Å²) in [6.45, 7) is 0. The normalized spacial score (nSPS) is 22.5. The lowest BCUT2D eigenvalue weighted by atomic mass is 9.83. The van der Waals surface area contributed by atoms with E-state index >= 15 is 0 Å². The molecule has 1 saturated carbocycles. The van der Waals surface area contributed by atoms with Crippen molar-refractivity contribution in [3.63, 3.8) is 0 Å². The third-order valence-corrected chi connectivity index (χ3v) is 5.39. The maximum atomic E-state index is 9.66. The van der Waals surface area contributed by atoms with Crippen LogP contribution in [-0.4, -0.2) is 32.5 Å². The van der Waals surface area contributed by atoms with E-state index in [1.807, 2.05) is 30.3 Å². The molecule has 0 aliphatic heterocycles. The van der Waals surface area contributed by atoms with Crippen molar-refractivity contribution in [3.8, 4) is 11.1 Å². The molecule has 1 aromatic carbocycles. The molecule has 0 saturated heterocycles. The molecule has 132 valence electrons. The van der Waals surface area contributed by atoms with Gasteiger partial charge < -0.3 is 24.8 Å². The largest absolute Gasteiger partial charge is 0.468 e. The van der Waals surface area contributed by atoms with Gasteiger partial charge in [-0.05, 0) is 41.7 Å². The molecule has 0 amide bonds. The number of aliphatic hydroxyl groups is 4. The zero-order valence-corrected chi connectivity index (χ0v) is 13.8. The van der Waals surface area contributed by atoms with Crippen LogP contribution in [0.2, 0.25) is 0 Å². The molecule has 2 aliphatic rings. The summed E-state index contributed by atoms with van der Waals surface area (Å²) in [6, 6.07) is 7.93. The molecule has 0 spiro atoms. The zero-order valence-electron chi connectivity index (χ0n) is 13.8. The van der Waals surface area contributed by atoms with Gasteiger partial charge in [0.2, 0.25) is 0 Å². The lowest BCUT2D eigenvalue weighted by molar-refractivity contribution is -0.182. The van der Waals surface area contributed by atoms with Crippen LogP contribution in [-0.2, 0) is 0 Å². The molecule has 1 unspecified atom stereocenters. The van der Waals surface area contributed by atoms with Crippen LogP contribution < -0.4 is 0 Å². The maximum absolute atomic E-state index is 9.66. The molecule has 1 aromatic heterocycles. The molecular weight excluding hydrogens is 320 g/mol. The SMILES string of the molecule is OC(O)C1C=Cc2cc(-c3coc(C4CCC(O)(O)CC4)c3)ccc21. The second-order valence-corrected chi connectivity index (χ2v) is 7.14. The Labute approximate surface area is 145 Å². The number of hydrogen-bond donors (Lipinski definition) is 4. The Balaban J connectivity index is 1.54. The molecule has 5 nitrogen and oxygen atoms in total. The lowest BCUT2D eigenvalue weighted by Gasteiger charge is -2.30. The molecule has 1 heterocycles. The summed E-state index contributed by atoms with van der Waals surface area (Å²) in [4.78, 5) is 0. The summed E-state index contributed by atoms with van der Waals surface area (Å²) in [5.41, 5.74) is 3.89. The van der Waals surface area contributed by atoms with Gasteiger partial charge in [-0.25, -0.2) is 0 Å². The summed E-state index contributed by atoms with van der Waals surface area (Å²) < 4.78 is 5.74. The van der Waals surface area contributed by atoms with E-state index in [0.29, 0.717) is 25.7 Å². The Morgan fingerprint density at radius 1 is 1.04 bits per heavy atom. The average Bonchev–Trinajstić information content (AvgIpc) is 3.21.